The normalized spacial score (nSPS) is 10.5. The molecule has 0 N–H and O–H groups in total. The van der Waals surface area contributed by atoms with Gasteiger partial charge in [-0.1, -0.05) is 26.2 Å². The number of carbonyl (C=O) groups is 1. The lowest BCUT2D eigenvalue weighted by atomic mass is 10.2. The van der Waals surface area contributed by atoms with Crippen molar-refractivity contribution in [3.8, 4) is 0 Å². The second-order valence-electron chi connectivity index (χ2n) is 4.58. The average Bonchev–Trinajstić information content (AvgIpc) is 2.35. The standard InChI is InChI=1S/C14H20BrNO3/c1-3-4-5-6-7-19-13(17)10-16-9-11(2)8-12(15)14(16)18/h8-9H,3-7,10H2,1-2H3. The van der Waals surface area contributed by atoms with E-state index in [0.29, 0.717) is 11.1 Å². The van der Waals surface area contributed by atoms with Crippen LogP contribution in [0, 0.1) is 6.92 Å². The van der Waals surface area contributed by atoms with Crippen molar-refractivity contribution < 1.29 is 9.53 Å². The summed E-state index contributed by atoms with van der Waals surface area (Å²) in [7, 11) is 0. The number of unbranched alkanes of at least 4 members (excludes halogenated alkanes) is 3. The summed E-state index contributed by atoms with van der Waals surface area (Å²) in [4.78, 5) is 23.4. The molecule has 0 unspecified atom stereocenters. The molecule has 0 saturated heterocycles. The maximum atomic E-state index is 11.8. The van der Waals surface area contributed by atoms with Gasteiger partial charge in [-0.15, -0.1) is 0 Å². The molecule has 0 saturated carbocycles. The van der Waals surface area contributed by atoms with Gasteiger partial charge in [0.15, 0.2) is 0 Å². The van der Waals surface area contributed by atoms with Crippen molar-refractivity contribution in [1.29, 1.82) is 0 Å². The first kappa shape index (κ1) is 16.0. The van der Waals surface area contributed by atoms with Gasteiger partial charge in [0.25, 0.3) is 5.56 Å². The molecule has 19 heavy (non-hydrogen) atoms. The SMILES string of the molecule is CCCCCCOC(=O)Cn1cc(C)cc(Br)c1=O. The largest absolute Gasteiger partial charge is 0.464 e. The Balaban J connectivity index is 2.47. The topological polar surface area (TPSA) is 48.3 Å². The maximum absolute atomic E-state index is 11.8. The van der Waals surface area contributed by atoms with E-state index in [4.69, 9.17) is 4.74 Å². The first-order valence-corrected chi connectivity index (χ1v) is 7.36. The summed E-state index contributed by atoms with van der Waals surface area (Å²) in [5, 5.41) is 0. The smallest absolute Gasteiger partial charge is 0.326 e. The molecule has 0 bridgehead atoms. The number of pyridine rings is 1. The van der Waals surface area contributed by atoms with E-state index in [0.717, 1.165) is 31.2 Å². The number of halogens is 1. The van der Waals surface area contributed by atoms with Crippen LogP contribution in [0.5, 0.6) is 0 Å². The van der Waals surface area contributed by atoms with Crippen LogP contribution in [-0.2, 0) is 16.1 Å². The highest BCUT2D eigenvalue weighted by molar-refractivity contribution is 9.10. The Morgan fingerprint density at radius 1 is 1.37 bits per heavy atom. The van der Waals surface area contributed by atoms with Crippen molar-refractivity contribution in [2.24, 2.45) is 0 Å². The van der Waals surface area contributed by atoms with Crippen molar-refractivity contribution in [3.63, 3.8) is 0 Å². The average molecular weight is 330 g/mol. The quantitative estimate of drug-likeness (QED) is 0.570. The minimum atomic E-state index is -0.365. The van der Waals surface area contributed by atoms with E-state index in [9.17, 15) is 9.59 Å². The van der Waals surface area contributed by atoms with E-state index < -0.39 is 0 Å². The second kappa shape index (κ2) is 8.15. The fraction of sp³-hybridized carbons (Fsp3) is 0.571. The molecule has 1 aromatic heterocycles. The summed E-state index contributed by atoms with van der Waals surface area (Å²) >= 11 is 3.18. The van der Waals surface area contributed by atoms with Gasteiger partial charge in [-0.2, -0.15) is 0 Å². The van der Waals surface area contributed by atoms with Gasteiger partial charge in [0, 0.05) is 6.20 Å². The summed E-state index contributed by atoms with van der Waals surface area (Å²) in [5.41, 5.74) is 0.704. The Labute approximate surface area is 121 Å². The molecule has 0 aliphatic carbocycles. The van der Waals surface area contributed by atoms with Crippen LogP contribution in [0.3, 0.4) is 0 Å². The van der Waals surface area contributed by atoms with Crippen molar-refractivity contribution in [1.82, 2.24) is 4.57 Å². The van der Waals surface area contributed by atoms with Gasteiger partial charge in [-0.05, 0) is 40.9 Å². The van der Waals surface area contributed by atoms with E-state index in [1.807, 2.05) is 6.92 Å². The van der Waals surface area contributed by atoms with Crippen LogP contribution in [0.2, 0.25) is 0 Å². The Morgan fingerprint density at radius 2 is 2.11 bits per heavy atom. The summed E-state index contributed by atoms with van der Waals surface area (Å²) in [6.45, 7) is 4.40. The van der Waals surface area contributed by atoms with Gasteiger partial charge in [0.2, 0.25) is 0 Å². The molecule has 0 fully saturated rings. The van der Waals surface area contributed by atoms with Crippen LogP contribution < -0.4 is 5.56 Å². The van der Waals surface area contributed by atoms with Gasteiger partial charge < -0.3 is 9.30 Å². The van der Waals surface area contributed by atoms with Crippen LogP contribution in [0.25, 0.3) is 0 Å². The highest BCUT2D eigenvalue weighted by atomic mass is 79.9. The van der Waals surface area contributed by atoms with Crippen molar-refractivity contribution >= 4 is 21.9 Å². The molecule has 0 radical (unpaired) electrons. The molecular weight excluding hydrogens is 310 g/mol. The molecule has 1 aromatic rings. The van der Waals surface area contributed by atoms with Gasteiger partial charge >= 0.3 is 5.97 Å². The fourth-order valence-corrected chi connectivity index (χ4v) is 2.35. The number of esters is 1. The molecule has 106 valence electrons. The Bertz CT molecular complexity index is 482. The molecular formula is C14H20BrNO3. The Kier molecular flexibility index (Phi) is 6.84. The van der Waals surface area contributed by atoms with Crippen LogP contribution >= 0.6 is 15.9 Å². The van der Waals surface area contributed by atoms with Crippen LogP contribution in [0.4, 0.5) is 0 Å². The summed E-state index contributed by atoms with van der Waals surface area (Å²) in [6.07, 6.45) is 5.92. The van der Waals surface area contributed by atoms with Crippen molar-refractivity contribution in [3.05, 3.63) is 32.7 Å². The molecule has 0 atom stereocenters. The van der Waals surface area contributed by atoms with Gasteiger partial charge in [0.1, 0.15) is 6.54 Å². The molecule has 0 aliphatic heterocycles. The molecule has 5 heteroatoms. The predicted octanol–water partition coefficient (Wildman–Crippen LogP) is 3.04. The van der Waals surface area contributed by atoms with Crippen LogP contribution in [-0.4, -0.2) is 17.1 Å². The monoisotopic (exact) mass is 329 g/mol. The van der Waals surface area contributed by atoms with Crippen molar-refractivity contribution in [2.75, 3.05) is 6.61 Å². The molecule has 4 nitrogen and oxygen atoms in total. The number of aryl methyl sites for hydroxylation is 1. The molecule has 0 amide bonds. The Morgan fingerprint density at radius 3 is 2.79 bits per heavy atom. The molecule has 0 aliphatic rings. The highest BCUT2D eigenvalue weighted by Crippen LogP contribution is 2.06. The lowest BCUT2D eigenvalue weighted by Gasteiger charge is -2.08. The lowest BCUT2D eigenvalue weighted by molar-refractivity contribution is -0.144. The molecule has 1 heterocycles. The van der Waals surface area contributed by atoms with Gasteiger partial charge in [-0.25, -0.2) is 0 Å². The van der Waals surface area contributed by atoms with E-state index in [1.54, 1.807) is 12.3 Å². The number of rotatable bonds is 7. The molecule has 1 rings (SSSR count). The van der Waals surface area contributed by atoms with Crippen LogP contribution in [0.15, 0.2) is 21.5 Å². The van der Waals surface area contributed by atoms with E-state index >= 15 is 0 Å². The zero-order valence-electron chi connectivity index (χ0n) is 11.4. The van der Waals surface area contributed by atoms with Crippen molar-refractivity contribution in [2.45, 2.75) is 46.1 Å². The highest BCUT2D eigenvalue weighted by Gasteiger charge is 2.08. The van der Waals surface area contributed by atoms with Gasteiger partial charge in [0.05, 0.1) is 11.1 Å². The fourth-order valence-electron chi connectivity index (χ4n) is 1.76. The lowest BCUT2D eigenvalue weighted by Crippen LogP contribution is -2.25. The van der Waals surface area contributed by atoms with E-state index in [2.05, 4.69) is 22.9 Å². The first-order chi connectivity index (χ1) is 9.04. The third kappa shape index (κ3) is 5.59. The summed E-state index contributed by atoms with van der Waals surface area (Å²) < 4.78 is 6.94. The first-order valence-electron chi connectivity index (χ1n) is 6.56. The van der Waals surface area contributed by atoms with Crippen LogP contribution in [0.1, 0.15) is 38.2 Å². The third-order valence-electron chi connectivity index (χ3n) is 2.74. The molecule has 0 spiro atoms. The maximum Gasteiger partial charge on any atom is 0.326 e. The number of carbonyl (C=O) groups excluding carboxylic acids is 1. The van der Waals surface area contributed by atoms with E-state index in [-0.39, 0.29) is 18.1 Å². The minimum Gasteiger partial charge on any atom is -0.464 e. The van der Waals surface area contributed by atoms with Gasteiger partial charge in [-0.3, -0.25) is 9.59 Å². The predicted molar refractivity (Wildman–Crippen MR) is 78.2 cm³/mol. The summed E-state index contributed by atoms with van der Waals surface area (Å²) in [6, 6.07) is 1.73. The number of nitrogens with zero attached hydrogens (tertiary/aromatic N) is 1. The minimum absolute atomic E-state index is 0.0348. The third-order valence-corrected chi connectivity index (χ3v) is 3.31. The number of ether oxygens (including phenoxy) is 1. The zero-order valence-corrected chi connectivity index (χ0v) is 13.0. The second-order valence-corrected chi connectivity index (χ2v) is 5.43. The number of hydrogen-bond donors (Lipinski definition) is 0. The summed E-state index contributed by atoms with van der Waals surface area (Å²) in [5.74, 6) is -0.365. The number of aromatic nitrogens is 1. The Hall–Kier alpha value is -1.10. The molecule has 0 aromatic carbocycles. The number of hydrogen-bond acceptors (Lipinski definition) is 3. The zero-order chi connectivity index (χ0) is 14.3. The van der Waals surface area contributed by atoms with E-state index in [1.165, 1.54) is 4.57 Å².